The van der Waals surface area contributed by atoms with Gasteiger partial charge < -0.3 is 9.47 Å². The highest BCUT2D eigenvalue weighted by Crippen LogP contribution is 2.32. The lowest BCUT2D eigenvalue weighted by Gasteiger charge is -2.13. The monoisotopic (exact) mass is 543 g/mol. The molecular weight excluding hydrogens is 526 g/mol. The minimum Gasteiger partial charge on any atom is -0.497 e. The molecule has 2 amide bonds. The lowest BCUT2D eigenvalue weighted by molar-refractivity contribution is -0.122. The van der Waals surface area contributed by atoms with E-state index >= 15 is 0 Å². The normalized spacial score (nSPS) is 10.1. The fourth-order valence-electron chi connectivity index (χ4n) is 2.30. The van der Waals surface area contributed by atoms with Crippen molar-refractivity contribution in [2.24, 2.45) is 0 Å². The largest absolute Gasteiger partial charge is 0.497 e. The number of benzene rings is 2. The maximum Gasteiger partial charge on any atom is 0.264 e. The number of rotatable bonds is 6. The van der Waals surface area contributed by atoms with Crippen molar-refractivity contribution in [3.05, 3.63) is 56.5 Å². The second-order valence-corrected chi connectivity index (χ2v) is 8.08. The second-order valence-electron chi connectivity index (χ2n) is 5.90. The molecule has 29 heavy (non-hydrogen) atoms. The fourth-order valence-corrected chi connectivity index (χ4v) is 4.02. The predicted molar refractivity (Wildman–Crippen MR) is 121 cm³/mol. The van der Waals surface area contributed by atoms with Crippen LogP contribution in [0.15, 0.2) is 45.3 Å². The zero-order chi connectivity index (χ0) is 21.4. The molecule has 0 saturated heterocycles. The Labute approximate surface area is 190 Å². The molecule has 3 N–H and O–H groups in total. The van der Waals surface area contributed by atoms with Crippen molar-refractivity contribution >= 4 is 61.0 Å². The van der Waals surface area contributed by atoms with E-state index in [-0.39, 0.29) is 24.0 Å². The summed E-state index contributed by atoms with van der Waals surface area (Å²) in [5.41, 5.74) is 6.60. The average Bonchev–Trinajstić information content (AvgIpc) is 2.66. The maximum absolute atomic E-state index is 12.0. The number of thiocarbonyl (C=S) groups is 1. The van der Waals surface area contributed by atoms with Crippen molar-refractivity contribution in [1.82, 2.24) is 16.2 Å². The van der Waals surface area contributed by atoms with Gasteiger partial charge in [0.2, 0.25) is 5.91 Å². The van der Waals surface area contributed by atoms with Gasteiger partial charge >= 0.3 is 0 Å². The van der Waals surface area contributed by atoms with Gasteiger partial charge in [-0.3, -0.25) is 25.8 Å². The molecule has 0 saturated carbocycles. The van der Waals surface area contributed by atoms with E-state index in [0.29, 0.717) is 11.5 Å². The summed E-state index contributed by atoms with van der Waals surface area (Å²) in [6, 6.07) is 10.8. The molecule has 0 aliphatic rings. The zero-order valence-corrected chi connectivity index (χ0v) is 19.7. The van der Waals surface area contributed by atoms with Crippen LogP contribution < -0.4 is 25.6 Å². The highest BCUT2D eigenvalue weighted by molar-refractivity contribution is 9.11. The molecule has 0 heterocycles. The number of carbonyl (C=O) groups is 2. The zero-order valence-electron chi connectivity index (χ0n) is 15.7. The van der Waals surface area contributed by atoms with Gasteiger partial charge in [0.1, 0.15) is 11.5 Å². The third kappa shape index (κ3) is 7.64. The van der Waals surface area contributed by atoms with Crippen LogP contribution in [0.4, 0.5) is 0 Å². The second kappa shape index (κ2) is 11.1. The highest BCUT2D eigenvalue weighted by atomic mass is 79.9. The lowest BCUT2D eigenvalue weighted by atomic mass is 10.1. The molecule has 0 spiro atoms. The first-order chi connectivity index (χ1) is 13.8. The molecule has 7 nitrogen and oxygen atoms in total. The van der Waals surface area contributed by atoms with Gasteiger partial charge in [0.15, 0.2) is 11.7 Å². The predicted octanol–water partition coefficient (Wildman–Crippen LogP) is 3.17. The molecule has 10 heteroatoms. The maximum atomic E-state index is 12.0. The topological polar surface area (TPSA) is 88.7 Å². The van der Waals surface area contributed by atoms with Crippen LogP contribution in [0.5, 0.6) is 11.5 Å². The Balaban J connectivity index is 1.74. The quantitative estimate of drug-likeness (QED) is 0.382. The Morgan fingerprint density at radius 3 is 2.38 bits per heavy atom. The molecular formula is C19H19Br2N3O4S. The molecule has 0 aliphatic heterocycles. The van der Waals surface area contributed by atoms with Crippen molar-refractivity contribution in [3.63, 3.8) is 0 Å². The van der Waals surface area contributed by atoms with Crippen molar-refractivity contribution in [2.45, 2.75) is 13.3 Å². The summed E-state index contributed by atoms with van der Waals surface area (Å²) in [5, 5.41) is 2.40. The number of methoxy groups -OCH3 is 1. The van der Waals surface area contributed by atoms with Crippen LogP contribution in [-0.2, 0) is 16.0 Å². The van der Waals surface area contributed by atoms with Crippen LogP contribution in [0, 0.1) is 6.92 Å². The van der Waals surface area contributed by atoms with Crippen LogP contribution in [0.25, 0.3) is 0 Å². The summed E-state index contributed by atoms with van der Waals surface area (Å²) in [5.74, 6) is 0.511. The molecule has 0 bridgehead atoms. The summed E-state index contributed by atoms with van der Waals surface area (Å²) >= 11 is 11.8. The standard InChI is InChI=1S/C19H19Br2N3O4S/c1-11-7-13(20)9-15(21)18(11)28-10-17(26)22-19(29)24-23-16(25)8-12-3-5-14(27-2)6-4-12/h3-7,9H,8,10H2,1-2H3,(H,23,25)(H2,22,24,26,29). The molecule has 2 aromatic rings. The van der Waals surface area contributed by atoms with Gasteiger partial charge in [-0.25, -0.2) is 0 Å². The smallest absolute Gasteiger partial charge is 0.264 e. The first kappa shape index (κ1) is 23.1. The molecule has 0 radical (unpaired) electrons. The Morgan fingerprint density at radius 2 is 1.76 bits per heavy atom. The molecule has 0 unspecified atom stereocenters. The third-order valence-corrected chi connectivity index (χ3v) is 4.88. The third-order valence-electron chi connectivity index (χ3n) is 3.63. The first-order valence-corrected chi connectivity index (χ1v) is 10.4. The van der Waals surface area contributed by atoms with Crippen molar-refractivity contribution in [1.29, 1.82) is 0 Å². The van der Waals surface area contributed by atoms with Gasteiger partial charge in [-0.1, -0.05) is 28.1 Å². The summed E-state index contributed by atoms with van der Waals surface area (Å²) in [4.78, 5) is 24.0. The highest BCUT2D eigenvalue weighted by Gasteiger charge is 2.11. The molecule has 0 aliphatic carbocycles. The molecule has 154 valence electrons. The van der Waals surface area contributed by atoms with E-state index in [0.717, 1.165) is 20.1 Å². The van der Waals surface area contributed by atoms with E-state index in [4.69, 9.17) is 21.7 Å². The Kier molecular flexibility index (Phi) is 8.87. The Morgan fingerprint density at radius 1 is 1.07 bits per heavy atom. The number of hydrazine groups is 1. The van der Waals surface area contributed by atoms with E-state index in [1.54, 1.807) is 31.4 Å². The van der Waals surface area contributed by atoms with Gasteiger partial charge in [0, 0.05) is 4.47 Å². The average molecular weight is 545 g/mol. The summed E-state index contributed by atoms with van der Waals surface area (Å²) in [7, 11) is 1.57. The van der Waals surface area contributed by atoms with Gasteiger partial charge in [-0.15, -0.1) is 0 Å². The number of ether oxygens (including phenoxy) is 2. The number of amides is 2. The van der Waals surface area contributed by atoms with Crippen LogP contribution in [-0.4, -0.2) is 30.6 Å². The number of halogens is 2. The lowest BCUT2D eigenvalue weighted by Crippen LogP contribution is -2.49. The summed E-state index contributed by atoms with van der Waals surface area (Å²) in [6.07, 6.45) is 0.146. The number of hydrogen-bond donors (Lipinski definition) is 3. The SMILES string of the molecule is COc1ccc(CC(=O)NNC(=S)NC(=O)COc2c(C)cc(Br)cc2Br)cc1. The molecule has 2 aromatic carbocycles. The fraction of sp³-hybridized carbons (Fsp3) is 0.211. The number of carbonyl (C=O) groups excluding carboxylic acids is 2. The van der Waals surface area contributed by atoms with E-state index in [9.17, 15) is 9.59 Å². The summed E-state index contributed by atoms with van der Waals surface area (Å²) in [6.45, 7) is 1.63. The van der Waals surface area contributed by atoms with Crippen molar-refractivity contribution in [3.8, 4) is 11.5 Å². The number of nitrogens with one attached hydrogen (secondary N) is 3. The van der Waals surface area contributed by atoms with Crippen molar-refractivity contribution < 1.29 is 19.1 Å². The Bertz CT molecular complexity index is 884. The first-order valence-electron chi connectivity index (χ1n) is 8.38. The van der Waals surface area contributed by atoms with E-state index in [1.165, 1.54) is 0 Å². The summed E-state index contributed by atoms with van der Waals surface area (Å²) < 4.78 is 12.2. The van der Waals surface area contributed by atoms with Crippen LogP contribution >= 0.6 is 44.1 Å². The van der Waals surface area contributed by atoms with E-state index in [2.05, 4.69) is 48.0 Å². The Hall–Kier alpha value is -2.17. The van der Waals surface area contributed by atoms with Gasteiger partial charge in [0.25, 0.3) is 5.91 Å². The number of hydrogen-bond acceptors (Lipinski definition) is 5. The van der Waals surface area contributed by atoms with Crippen LogP contribution in [0.1, 0.15) is 11.1 Å². The van der Waals surface area contributed by atoms with E-state index < -0.39 is 5.91 Å². The van der Waals surface area contributed by atoms with E-state index in [1.807, 2.05) is 19.1 Å². The molecule has 2 rings (SSSR count). The molecule has 0 atom stereocenters. The van der Waals surface area contributed by atoms with Gasteiger partial charge in [0.05, 0.1) is 18.0 Å². The minimum atomic E-state index is -0.457. The van der Waals surface area contributed by atoms with Crippen molar-refractivity contribution in [2.75, 3.05) is 13.7 Å². The number of aryl methyl sites for hydroxylation is 1. The molecule has 0 fully saturated rings. The van der Waals surface area contributed by atoms with Gasteiger partial charge in [-0.05, 0) is 70.5 Å². The van der Waals surface area contributed by atoms with Crippen LogP contribution in [0.3, 0.4) is 0 Å². The minimum absolute atomic E-state index is 0.0340. The molecule has 0 aromatic heterocycles. The van der Waals surface area contributed by atoms with Crippen LogP contribution in [0.2, 0.25) is 0 Å². The van der Waals surface area contributed by atoms with Gasteiger partial charge in [-0.2, -0.15) is 0 Å².